The minimum atomic E-state index is -3.06. The molecule has 0 aromatic carbocycles. The third-order valence-electron chi connectivity index (χ3n) is 2.70. The Bertz CT molecular complexity index is 304. The van der Waals surface area contributed by atoms with E-state index in [1.807, 2.05) is 6.92 Å². The van der Waals surface area contributed by atoms with Crippen LogP contribution in [0, 0.1) is 0 Å². The van der Waals surface area contributed by atoms with Crippen molar-refractivity contribution in [2.75, 3.05) is 13.3 Å². The van der Waals surface area contributed by atoms with E-state index in [1.54, 1.807) is 20.9 Å². The van der Waals surface area contributed by atoms with E-state index in [0.717, 1.165) is 5.57 Å². The van der Waals surface area contributed by atoms with Gasteiger partial charge in [-0.05, 0) is 34.2 Å². The van der Waals surface area contributed by atoms with Gasteiger partial charge in [-0.3, -0.25) is 0 Å². The topological polar surface area (TPSA) is 46.2 Å². The smallest absolute Gasteiger partial charge is 0.154 e. The molecule has 0 aliphatic carbocycles. The van der Waals surface area contributed by atoms with Crippen LogP contribution in [0.25, 0.3) is 0 Å². The van der Waals surface area contributed by atoms with E-state index >= 15 is 0 Å². The zero-order chi connectivity index (χ0) is 11.6. The molecule has 0 amide bonds. The summed E-state index contributed by atoms with van der Waals surface area (Å²) in [5, 5.41) is 3.04. The maximum absolute atomic E-state index is 11.6. The van der Waals surface area contributed by atoms with E-state index < -0.39 is 14.6 Å². The first-order chi connectivity index (χ1) is 6.13. The molecule has 1 N–H and O–H groups in total. The zero-order valence-corrected chi connectivity index (χ0v) is 10.5. The summed E-state index contributed by atoms with van der Waals surface area (Å²) in [5.41, 5.74) is 0.987. The van der Waals surface area contributed by atoms with Gasteiger partial charge in [0.25, 0.3) is 0 Å². The van der Waals surface area contributed by atoms with Crippen LogP contribution in [-0.4, -0.2) is 32.5 Å². The molecule has 1 unspecified atom stereocenters. The molecule has 14 heavy (non-hydrogen) atoms. The van der Waals surface area contributed by atoms with Gasteiger partial charge in [0.15, 0.2) is 9.84 Å². The highest BCUT2D eigenvalue weighted by Gasteiger charge is 2.37. The Morgan fingerprint density at radius 1 is 1.50 bits per heavy atom. The van der Waals surface area contributed by atoms with Gasteiger partial charge >= 0.3 is 0 Å². The van der Waals surface area contributed by atoms with Gasteiger partial charge in [0.05, 0.1) is 4.75 Å². The van der Waals surface area contributed by atoms with Crippen LogP contribution in [-0.2, 0) is 9.84 Å². The van der Waals surface area contributed by atoms with Crippen LogP contribution in [0.5, 0.6) is 0 Å². The SMILES string of the molecule is C=C(C)CC(NC)C(C)(C)S(C)(=O)=O. The van der Waals surface area contributed by atoms with Crippen molar-refractivity contribution in [3.8, 4) is 0 Å². The third-order valence-corrected chi connectivity index (χ3v) is 4.89. The summed E-state index contributed by atoms with van der Waals surface area (Å²) < 4.78 is 22.4. The van der Waals surface area contributed by atoms with Gasteiger partial charge in [0, 0.05) is 12.3 Å². The lowest BCUT2D eigenvalue weighted by Crippen LogP contribution is -2.50. The molecular formula is C10H21NO2S. The Kier molecular flexibility index (Phi) is 4.34. The van der Waals surface area contributed by atoms with Crippen molar-refractivity contribution in [2.45, 2.75) is 38.0 Å². The first-order valence-corrected chi connectivity index (χ1v) is 6.53. The van der Waals surface area contributed by atoms with Gasteiger partial charge in [-0.15, -0.1) is 6.58 Å². The molecular weight excluding hydrogens is 198 g/mol. The number of rotatable bonds is 5. The lowest BCUT2D eigenvalue weighted by atomic mass is 9.97. The average molecular weight is 219 g/mol. The van der Waals surface area contributed by atoms with Gasteiger partial charge < -0.3 is 5.32 Å². The van der Waals surface area contributed by atoms with Crippen molar-refractivity contribution in [3.05, 3.63) is 12.2 Å². The number of hydrogen-bond donors (Lipinski definition) is 1. The largest absolute Gasteiger partial charge is 0.315 e. The second-order valence-corrected chi connectivity index (χ2v) is 6.97. The molecule has 0 aromatic rings. The maximum atomic E-state index is 11.6. The summed E-state index contributed by atoms with van der Waals surface area (Å²) in [5.74, 6) is 0. The second-order valence-electron chi connectivity index (χ2n) is 4.38. The first-order valence-electron chi connectivity index (χ1n) is 4.64. The Morgan fingerprint density at radius 3 is 2.14 bits per heavy atom. The molecule has 0 radical (unpaired) electrons. The molecule has 3 nitrogen and oxygen atoms in total. The second kappa shape index (κ2) is 4.45. The van der Waals surface area contributed by atoms with E-state index in [4.69, 9.17) is 0 Å². The van der Waals surface area contributed by atoms with Crippen molar-refractivity contribution in [3.63, 3.8) is 0 Å². The van der Waals surface area contributed by atoms with Crippen LogP contribution in [0.15, 0.2) is 12.2 Å². The fourth-order valence-corrected chi connectivity index (χ4v) is 2.02. The van der Waals surface area contributed by atoms with E-state index in [2.05, 4.69) is 11.9 Å². The first kappa shape index (κ1) is 13.7. The molecule has 0 aliphatic rings. The van der Waals surface area contributed by atoms with Crippen molar-refractivity contribution >= 4 is 9.84 Å². The number of nitrogens with one attached hydrogen (secondary N) is 1. The summed E-state index contributed by atoms with van der Waals surface area (Å²) in [4.78, 5) is 0. The molecule has 0 fully saturated rings. The fourth-order valence-electron chi connectivity index (χ4n) is 1.30. The van der Waals surface area contributed by atoms with Gasteiger partial charge in [0.1, 0.15) is 0 Å². The molecule has 84 valence electrons. The Labute approximate surface area is 87.5 Å². The molecule has 0 aromatic heterocycles. The van der Waals surface area contributed by atoms with Gasteiger partial charge in [-0.2, -0.15) is 0 Å². The van der Waals surface area contributed by atoms with Crippen molar-refractivity contribution in [2.24, 2.45) is 0 Å². The molecule has 4 heteroatoms. The quantitative estimate of drug-likeness (QED) is 0.710. The molecule has 1 atom stereocenters. The fraction of sp³-hybridized carbons (Fsp3) is 0.800. The highest BCUT2D eigenvalue weighted by molar-refractivity contribution is 7.92. The summed E-state index contributed by atoms with van der Waals surface area (Å²) >= 11 is 0. The van der Waals surface area contributed by atoms with Crippen molar-refractivity contribution in [1.82, 2.24) is 5.32 Å². The Balaban J connectivity index is 4.93. The van der Waals surface area contributed by atoms with Crippen LogP contribution in [0.3, 0.4) is 0 Å². The zero-order valence-electron chi connectivity index (χ0n) is 9.72. The third kappa shape index (κ3) is 3.10. The lowest BCUT2D eigenvalue weighted by molar-refractivity contribution is 0.430. The lowest BCUT2D eigenvalue weighted by Gasteiger charge is -2.32. The van der Waals surface area contributed by atoms with E-state index in [9.17, 15) is 8.42 Å². The predicted octanol–water partition coefficient (Wildman–Crippen LogP) is 1.36. The Morgan fingerprint density at radius 2 is 1.93 bits per heavy atom. The molecule has 0 saturated heterocycles. The summed E-state index contributed by atoms with van der Waals surface area (Å²) in [6.07, 6.45) is 1.95. The Hall–Kier alpha value is -0.350. The molecule has 0 aliphatic heterocycles. The highest BCUT2D eigenvalue weighted by atomic mass is 32.2. The number of hydrogen-bond acceptors (Lipinski definition) is 3. The minimum Gasteiger partial charge on any atom is -0.315 e. The van der Waals surface area contributed by atoms with E-state index in [0.29, 0.717) is 6.42 Å². The molecule has 0 rings (SSSR count). The van der Waals surface area contributed by atoms with E-state index in [-0.39, 0.29) is 6.04 Å². The van der Waals surface area contributed by atoms with Gasteiger partial charge in [-0.25, -0.2) is 8.42 Å². The van der Waals surface area contributed by atoms with Crippen LogP contribution in [0.1, 0.15) is 27.2 Å². The van der Waals surface area contributed by atoms with Gasteiger partial charge in [0.2, 0.25) is 0 Å². The monoisotopic (exact) mass is 219 g/mol. The maximum Gasteiger partial charge on any atom is 0.154 e. The standard InChI is InChI=1S/C10H21NO2S/c1-8(2)7-9(11-5)10(3,4)14(6,12)13/h9,11H,1,7H2,2-6H3. The molecule has 0 bridgehead atoms. The van der Waals surface area contributed by atoms with Crippen LogP contribution in [0.2, 0.25) is 0 Å². The highest BCUT2D eigenvalue weighted by Crippen LogP contribution is 2.23. The van der Waals surface area contributed by atoms with Gasteiger partial charge in [-0.1, -0.05) is 5.57 Å². The normalized spacial score (nSPS) is 15.2. The number of sulfone groups is 1. The van der Waals surface area contributed by atoms with Crippen LogP contribution >= 0.6 is 0 Å². The van der Waals surface area contributed by atoms with Crippen LogP contribution < -0.4 is 5.32 Å². The van der Waals surface area contributed by atoms with Crippen molar-refractivity contribution in [1.29, 1.82) is 0 Å². The molecule has 0 spiro atoms. The van der Waals surface area contributed by atoms with Crippen LogP contribution in [0.4, 0.5) is 0 Å². The summed E-state index contributed by atoms with van der Waals surface area (Å²) in [6.45, 7) is 9.19. The van der Waals surface area contributed by atoms with Crippen molar-refractivity contribution < 1.29 is 8.42 Å². The molecule has 0 saturated carbocycles. The van der Waals surface area contributed by atoms with E-state index in [1.165, 1.54) is 6.26 Å². The predicted molar refractivity (Wildman–Crippen MR) is 61.2 cm³/mol. The molecule has 0 heterocycles. The average Bonchev–Trinajstić information content (AvgIpc) is 1.97. The summed E-state index contributed by atoms with van der Waals surface area (Å²) in [7, 11) is -1.28. The summed E-state index contributed by atoms with van der Waals surface area (Å²) in [6, 6.07) is -0.0880. The minimum absolute atomic E-state index is 0.0880.